The van der Waals surface area contributed by atoms with Crippen LogP contribution in [-0.4, -0.2) is 38.3 Å². The van der Waals surface area contributed by atoms with E-state index in [9.17, 15) is 4.79 Å². The molecule has 1 aliphatic rings. The number of carbonyl (C=O) groups is 1. The lowest BCUT2D eigenvalue weighted by Gasteiger charge is -2.28. The molecule has 23 heavy (non-hydrogen) atoms. The number of hydrogen-bond acceptors (Lipinski definition) is 5. The number of thioether (sulfide) groups is 1. The second-order valence-corrected chi connectivity index (χ2v) is 7.43. The lowest BCUT2D eigenvalue weighted by atomic mass is 10.1. The van der Waals surface area contributed by atoms with E-state index in [4.69, 9.17) is 4.74 Å². The van der Waals surface area contributed by atoms with Gasteiger partial charge in [-0.3, -0.25) is 4.79 Å². The molecule has 0 spiro atoms. The molecular weight excluding hydrogens is 326 g/mol. The number of nitrogens with zero attached hydrogens (tertiary/aromatic N) is 1. The Morgan fingerprint density at radius 1 is 1.17 bits per heavy atom. The number of morpholine rings is 1. The summed E-state index contributed by atoms with van der Waals surface area (Å²) in [5, 5.41) is 0. The van der Waals surface area contributed by atoms with Crippen molar-refractivity contribution in [2.45, 2.75) is 4.21 Å². The van der Waals surface area contributed by atoms with Crippen molar-refractivity contribution in [3.63, 3.8) is 0 Å². The predicted molar refractivity (Wildman–Crippen MR) is 98.9 cm³/mol. The van der Waals surface area contributed by atoms with Gasteiger partial charge in [0.15, 0.2) is 5.78 Å². The minimum Gasteiger partial charge on any atom is -0.378 e. The van der Waals surface area contributed by atoms with Crippen molar-refractivity contribution in [3.8, 4) is 0 Å². The molecule has 0 amide bonds. The molecule has 1 aliphatic heterocycles. The number of benzene rings is 1. The molecule has 0 saturated carbocycles. The molecule has 5 heteroatoms. The van der Waals surface area contributed by atoms with E-state index in [1.807, 2.05) is 36.4 Å². The summed E-state index contributed by atoms with van der Waals surface area (Å²) in [6.45, 7) is 3.34. The Labute approximate surface area is 145 Å². The normalized spacial score (nSPS) is 15.3. The van der Waals surface area contributed by atoms with E-state index in [1.54, 1.807) is 29.2 Å². The molecule has 120 valence electrons. The maximum absolute atomic E-state index is 12.3. The van der Waals surface area contributed by atoms with E-state index in [-0.39, 0.29) is 5.78 Å². The SMILES string of the molecule is CSc1ccc(C=CC(=O)c2ccc(N3CCOCC3)cc2)s1. The summed E-state index contributed by atoms with van der Waals surface area (Å²) >= 11 is 3.42. The third kappa shape index (κ3) is 4.25. The second-order valence-electron chi connectivity index (χ2n) is 5.20. The van der Waals surface area contributed by atoms with Gasteiger partial charge in [0.2, 0.25) is 0 Å². The molecule has 2 heterocycles. The van der Waals surface area contributed by atoms with Crippen molar-refractivity contribution in [3.05, 3.63) is 52.9 Å². The van der Waals surface area contributed by atoms with Gasteiger partial charge in [-0.05, 0) is 54.8 Å². The highest BCUT2D eigenvalue weighted by molar-refractivity contribution is 8.00. The molecule has 2 aromatic rings. The fourth-order valence-electron chi connectivity index (χ4n) is 2.45. The molecule has 0 atom stereocenters. The van der Waals surface area contributed by atoms with E-state index < -0.39 is 0 Å². The van der Waals surface area contributed by atoms with Gasteiger partial charge in [-0.2, -0.15) is 0 Å². The third-order valence-electron chi connectivity index (χ3n) is 3.73. The summed E-state index contributed by atoms with van der Waals surface area (Å²) in [6, 6.07) is 12.0. The van der Waals surface area contributed by atoms with Gasteiger partial charge in [0.1, 0.15) is 0 Å². The number of allylic oxidation sites excluding steroid dienone is 1. The summed E-state index contributed by atoms with van der Waals surface area (Å²) in [4.78, 5) is 15.6. The van der Waals surface area contributed by atoms with Crippen LogP contribution in [0.3, 0.4) is 0 Å². The Bertz CT molecular complexity index is 685. The zero-order valence-corrected chi connectivity index (χ0v) is 14.7. The lowest BCUT2D eigenvalue weighted by molar-refractivity contribution is 0.104. The largest absolute Gasteiger partial charge is 0.378 e. The van der Waals surface area contributed by atoms with Crippen LogP contribution in [0.25, 0.3) is 6.08 Å². The molecular formula is C18H19NO2S2. The summed E-state index contributed by atoms with van der Waals surface area (Å²) in [6.07, 6.45) is 5.60. The number of thiophene rings is 1. The molecule has 3 rings (SSSR count). The average Bonchev–Trinajstić information content (AvgIpc) is 3.09. The zero-order valence-electron chi connectivity index (χ0n) is 13.0. The van der Waals surface area contributed by atoms with Crippen LogP contribution >= 0.6 is 23.1 Å². The van der Waals surface area contributed by atoms with Gasteiger partial charge < -0.3 is 9.64 Å². The molecule has 0 N–H and O–H groups in total. The van der Waals surface area contributed by atoms with Gasteiger partial charge in [-0.25, -0.2) is 0 Å². The summed E-state index contributed by atoms with van der Waals surface area (Å²) in [7, 11) is 0. The van der Waals surface area contributed by atoms with Crippen LogP contribution in [0.5, 0.6) is 0 Å². The van der Waals surface area contributed by atoms with Crippen LogP contribution in [0.1, 0.15) is 15.2 Å². The Morgan fingerprint density at radius 2 is 1.91 bits per heavy atom. The maximum atomic E-state index is 12.3. The highest BCUT2D eigenvalue weighted by Gasteiger charge is 2.11. The van der Waals surface area contributed by atoms with E-state index in [0.717, 1.165) is 42.4 Å². The smallest absolute Gasteiger partial charge is 0.185 e. The Hall–Kier alpha value is -1.56. The maximum Gasteiger partial charge on any atom is 0.185 e. The molecule has 0 radical (unpaired) electrons. The molecule has 0 unspecified atom stereocenters. The fourth-order valence-corrected chi connectivity index (χ4v) is 3.91. The number of anilines is 1. The molecule has 1 fully saturated rings. The molecule has 1 aromatic heterocycles. The molecule has 0 aliphatic carbocycles. The third-order valence-corrected chi connectivity index (χ3v) is 5.86. The lowest BCUT2D eigenvalue weighted by Crippen LogP contribution is -2.36. The quantitative estimate of drug-likeness (QED) is 0.461. The van der Waals surface area contributed by atoms with Crippen molar-refractivity contribution in [1.82, 2.24) is 0 Å². The molecule has 1 saturated heterocycles. The minimum absolute atomic E-state index is 0.0395. The van der Waals surface area contributed by atoms with E-state index >= 15 is 0 Å². The van der Waals surface area contributed by atoms with Crippen LogP contribution < -0.4 is 4.90 Å². The summed E-state index contributed by atoms with van der Waals surface area (Å²) in [5.41, 5.74) is 1.87. The van der Waals surface area contributed by atoms with Crippen LogP contribution in [0.15, 0.2) is 46.7 Å². The van der Waals surface area contributed by atoms with Crippen LogP contribution in [0.2, 0.25) is 0 Å². The molecule has 1 aromatic carbocycles. The number of hydrogen-bond donors (Lipinski definition) is 0. The highest BCUT2D eigenvalue weighted by atomic mass is 32.2. The molecule has 0 bridgehead atoms. The predicted octanol–water partition coefficient (Wildman–Crippen LogP) is 4.20. The van der Waals surface area contributed by atoms with Crippen molar-refractivity contribution in [2.75, 3.05) is 37.5 Å². The Morgan fingerprint density at radius 3 is 2.57 bits per heavy atom. The summed E-state index contributed by atoms with van der Waals surface area (Å²) < 4.78 is 6.62. The van der Waals surface area contributed by atoms with Crippen molar-refractivity contribution >= 4 is 40.6 Å². The average molecular weight is 345 g/mol. The minimum atomic E-state index is 0.0395. The van der Waals surface area contributed by atoms with Gasteiger partial charge >= 0.3 is 0 Å². The highest BCUT2D eigenvalue weighted by Crippen LogP contribution is 2.26. The van der Waals surface area contributed by atoms with Crippen molar-refractivity contribution in [2.24, 2.45) is 0 Å². The second kappa shape index (κ2) is 7.81. The van der Waals surface area contributed by atoms with Crippen LogP contribution in [0.4, 0.5) is 5.69 Å². The van der Waals surface area contributed by atoms with Gasteiger partial charge in [-0.15, -0.1) is 23.1 Å². The molecule has 3 nitrogen and oxygen atoms in total. The van der Waals surface area contributed by atoms with E-state index in [2.05, 4.69) is 17.2 Å². The number of ketones is 1. The van der Waals surface area contributed by atoms with E-state index in [0.29, 0.717) is 0 Å². The van der Waals surface area contributed by atoms with Crippen LogP contribution in [-0.2, 0) is 4.74 Å². The first-order valence-corrected chi connectivity index (χ1v) is 9.59. The van der Waals surface area contributed by atoms with Gasteiger partial charge in [0, 0.05) is 29.2 Å². The van der Waals surface area contributed by atoms with E-state index in [1.165, 1.54) is 4.21 Å². The van der Waals surface area contributed by atoms with Crippen LogP contribution in [0, 0.1) is 0 Å². The first kappa shape index (κ1) is 16.3. The first-order chi connectivity index (χ1) is 11.3. The van der Waals surface area contributed by atoms with Gasteiger partial charge in [-0.1, -0.05) is 0 Å². The number of ether oxygens (including phenoxy) is 1. The van der Waals surface area contributed by atoms with Gasteiger partial charge in [0.25, 0.3) is 0 Å². The fraction of sp³-hybridized carbons (Fsp3) is 0.278. The number of carbonyl (C=O) groups excluding carboxylic acids is 1. The monoisotopic (exact) mass is 345 g/mol. The van der Waals surface area contributed by atoms with Crippen molar-refractivity contribution in [1.29, 1.82) is 0 Å². The Kier molecular flexibility index (Phi) is 5.54. The summed E-state index contributed by atoms with van der Waals surface area (Å²) in [5.74, 6) is 0.0395. The Balaban J connectivity index is 1.65. The van der Waals surface area contributed by atoms with Gasteiger partial charge in [0.05, 0.1) is 17.4 Å². The standard InChI is InChI=1S/C18H19NO2S2/c1-22-18-9-7-16(23-18)6-8-17(20)14-2-4-15(5-3-14)19-10-12-21-13-11-19/h2-9H,10-13H2,1H3. The van der Waals surface area contributed by atoms with Crippen molar-refractivity contribution < 1.29 is 9.53 Å². The number of rotatable bonds is 5. The first-order valence-electron chi connectivity index (χ1n) is 7.55. The zero-order chi connectivity index (χ0) is 16.1. The topological polar surface area (TPSA) is 29.5 Å².